The average molecular weight is 368 g/mol. The highest BCUT2D eigenvalue weighted by Crippen LogP contribution is 2.23. The van der Waals surface area contributed by atoms with Crippen molar-refractivity contribution in [3.63, 3.8) is 0 Å². The second-order valence-electron chi connectivity index (χ2n) is 7.28. The number of halogens is 1. The fraction of sp³-hybridized carbons (Fsp3) is 0.647. The summed E-state index contributed by atoms with van der Waals surface area (Å²) in [5, 5.41) is 2.92. The van der Waals surface area contributed by atoms with Gasteiger partial charge in [-0.05, 0) is 72.4 Å². The van der Waals surface area contributed by atoms with Crippen LogP contribution in [-0.4, -0.2) is 35.4 Å². The van der Waals surface area contributed by atoms with Crippen LogP contribution in [0.25, 0.3) is 0 Å². The van der Waals surface area contributed by atoms with Crippen LogP contribution in [0, 0.1) is 11.3 Å². The van der Waals surface area contributed by atoms with E-state index < -0.39 is 0 Å². The Morgan fingerprint density at radius 2 is 2.05 bits per heavy atom. The van der Waals surface area contributed by atoms with E-state index >= 15 is 0 Å². The zero-order chi connectivity index (χ0) is 16.2. The van der Waals surface area contributed by atoms with Crippen LogP contribution >= 0.6 is 15.9 Å². The van der Waals surface area contributed by atoms with Crippen molar-refractivity contribution in [3.05, 3.63) is 22.8 Å². The van der Waals surface area contributed by atoms with Crippen molar-refractivity contribution in [2.45, 2.75) is 40.0 Å². The molecule has 1 N–H and O–H groups in total. The molecule has 5 heteroatoms. The molecule has 2 rings (SSSR count). The minimum absolute atomic E-state index is 0.102. The Balaban J connectivity index is 1.76. The van der Waals surface area contributed by atoms with E-state index in [0.717, 1.165) is 36.9 Å². The van der Waals surface area contributed by atoms with Gasteiger partial charge in [-0.2, -0.15) is 0 Å². The molecule has 1 fully saturated rings. The zero-order valence-corrected chi connectivity index (χ0v) is 15.3. The predicted octanol–water partition coefficient (Wildman–Crippen LogP) is 3.93. The topological polar surface area (TPSA) is 45.2 Å². The molecular weight excluding hydrogens is 342 g/mol. The van der Waals surface area contributed by atoms with Crippen molar-refractivity contribution in [1.82, 2.24) is 9.88 Å². The second-order valence-corrected chi connectivity index (χ2v) is 8.19. The first-order valence-electron chi connectivity index (χ1n) is 7.98. The molecule has 0 spiro atoms. The average Bonchev–Trinajstić information content (AvgIpc) is 2.47. The van der Waals surface area contributed by atoms with Gasteiger partial charge in [-0.15, -0.1) is 0 Å². The lowest BCUT2D eigenvalue weighted by molar-refractivity contribution is -0.121. The first-order valence-corrected chi connectivity index (χ1v) is 8.77. The Morgan fingerprint density at radius 1 is 1.36 bits per heavy atom. The van der Waals surface area contributed by atoms with Gasteiger partial charge in [0, 0.05) is 16.6 Å². The molecule has 0 saturated carbocycles. The number of nitrogens with one attached hydrogen (secondary N) is 1. The van der Waals surface area contributed by atoms with Crippen molar-refractivity contribution in [2.24, 2.45) is 11.3 Å². The maximum Gasteiger partial charge on any atom is 0.228 e. The van der Waals surface area contributed by atoms with E-state index in [2.05, 4.69) is 51.9 Å². The quantitative estimate of drug-likeness (QED) is 0.876. The molecule has 1 amide bonds. The van der Waals surface area contributed by atoms with Crippen LogP contribution < -0.4 is 5.32 Å². The van der Waals surface area contributed by atoms with Crippen LogP contribution in [-0.2, 0) is 4.79 Å². The van der Waals surface area contributed by atoms with Crippen molar-refractivity contribution >= 4 is 27.7 Å². The molecule has 1 saturated heterocycles. The summed E-state index contributed by atoms with van der Waals surface area (Å²) >= 11 is 3.34. The van der Waals surface area contributed by atoms with Gasteiger partial charge in [-0.25, -0.2) is 4.98 Å². The number of carbonyl (C=O) groups excluding carboxylic acids is 1. The van der Waals surface area contributed by atoms with Gasteiger partial charge in [0.25, 0.3) is 0 Å². The number of hydrogen-bond acceptors (Lipinski definition) is 3. The zero-order valence-electron chi connectivity index (χ0n) is 13.7. The molecule has 22 heavy (non-hydrogen) atoms. The minimum Gasteiger partial charge on any atom is -0.310 e. The Hall–Kier alpha value is -0.940. The summed E-state index contributed by atoms with van der Waals surface area (Å²) in [5.74, 6) is 0.838. The lowest BCUT2D eigenvalue weighted by atomic mass is 9.90. The van der Waals surface area contributed by atoms with Crippen molar-refractivity contribution in [2.75, 3.05) is 25.0 Å². The van der Waals surface area contributed by atoms with Crippen LogP contribution in [0.4, 0.5) is 5.82 Å². The molecule has 1 aromatic heterocycles. The molecule has 0 aliphatic carbocycles. The smallest absolute Gasteiger partial charge is 0.228 e. The summed E-state index contributed by atoms with van der Waals surface area (Å²) in [7, 11) is 0. The lowest BCUT2D eigenvalue weighted by Crippen LogP contribution is -2.39. The number of hydrogen-bond donors (Lipinski definition) is 1. The summed E-state index contributed by atoms with van der Waals surface area (Å²) < 4.78 is 0.914. The highest BCUT2D eigenvalue weighted by molar-refractivity contribution is 9.10. The Labute approximate surface area is 141 Å². The van der Waals surface area contributed by atoms with E-state index in [1.807, 2.05) is 12.1 Å². The Kier molecular flexibility index (Phi) is 5.98. The number of likely N-dealkylation sites (tertiary alicyclic amines) is 1. The van der Waals surface area contributed by atoms with Gasteiger partial charge in [-0.3, -0.25) is 4.79 Å². The predicted molar refractivity (Wildman–Crippen MR) is 93.8 cm³/mol. The maximum atomic E-state index is 12.3. The number of anilines is 1. The first-order chi connectivity index (χ1) is 10.3. The molecule has 1 aliphatic rings. The van der Waals surface area contributed by atoms with Crippen molar-refractivity contribution in [3.8, 4) is 0 Å². The van der Waals surface area contributed by atoms with Crippen LogP contribution in [0.3, 0.4) is 0 Å². The fourth-order valence-corrected chi connectivity index (χ4v) is 2.82. The third-order valence-corrected chi connectivity index (χ3v) is 4.58. The normalized spacial score (nSPS) is 17.5. The van der Waals surface area contributed by atoms with E-state index in [1.165, 1.54) is 6.42 Å². The van der Waals surface area contributed by atoms with Gasteiger partial charge >= 0.3 is 0 Å². The maximum absolute atomic E-state index is 12.3. The molecule has 122 valence electrons. The second kappa shape index (κ2) is 7.55. The van der Waals surface area contributed by atoms with E-state index in [4.69, 9.17) is 0 Å². The molecular formula is C17H26BrN3O. The van der Waals surface area contributed by atoms with Crippen LogP contribution in [0.1, 0.15) is 40.0 Å². The third kappa shape index (κ3) is 5.69. The van der Waals surface area contributed by atoms with Gasteiger partial charge in [-0.1, -0.05) is 20.8 Å². The van der Waals surface area contributed by atoms with Crippen LogP contribution in [0.15, 0.2) is 22.8 Å². The molecule has 4 nitrogen and oxygen atoms in total. The number of pyridine rings is 1. The molecule has 2 heterocycles. The minimum atomic E-state index is 0.102. The summed E-state index contributed by atoms with van der Waals surface area (Å²) in [6.07, 6.45) is 4.77. The molecule has 1 aromatic rings. The summed E-state index contributed by atoms with van der Waals surface area (Å²) in [6.45, 7) is 9.99. The largest absolute Gasteiger partial charge is 0.310 e. The third-order valence-electron chi connectivity index (χ3n) is 4.12. The Morgan fingerprint density at radius 3 is 2.59 bits per heavy atom. The Bertz CT molecular complexity index is 488. The van der Waals surface area contributed by atoms with Crippen molar-refractivity contribution < 1.29 is 4.79 Å². The van der Waals surface area contributed by atoms with E-state index in [1.54, 1.807) is 6.20 Å². The monoisotopic (exact) mass is 367 g/mol. The molecule has 0 radical (unpaired) electrons. The fourth-order valence-electron chi connectivity index (χ4n) is 2.59. The molecule has 0 aromatic carbocycles. The summed E-state index contributed by atoms with van der Waals surface area (Å²) in [4.78, 5) is 19.0. The number of carbonyl (C=O) groups is 1. The number of amides is 1. The van der Waals surface area contributed by atoms with Gasteiger partial charge in [0.1, 0.15) is 5.82 Å². The van der Waals surface area contributed by atoms with Gasteiger partial charge in [0.05, 0.1) is 0 Å². The highest BCUT2D eigenvalue weighted by Gasteiger charge is 2.25. The standard InChI is InChI=1S/C17H26BrN3O/c1-17(2,3)8-11-21-9-6-13(7-10-21)16(22)20-15-5-4-14(18)12-19-15/h4-5,12-13H,6-11H2,1-3H3,(H,19,20,22). The molecule has 0 unspecified atom stereocenters. The van der Waals surface area contributed by atoms with Crippen LogP contribution in [0.5, 0.6) is 0 Å². The number of nitrogens with zero attached hydrogens (tertiary/aromatic N) is 2. The van der Waals surface area contributed by atoms with Gasteiger partial charge in [0.2, 0.25) is 5.91 Å². The molecule has 0 atom stereocenters. The van der Waals surface area contributed by atoms with E-state index in [-0.39, 0.29) is 11.8 Å². The summed E-state index contributed by atoms with van der Waals surface area (Å²) in [5.41, 5.74) is 0.376. The number of rotatable bonds is 4. The first kappa shape index (κ1) is 17.4. The lowest BCUT2D eigenvalue weighted by Gasteiger charge is -2.33. The molecule has 1 aliphatic heterocycles. The van der Waals surface area contributed by atoms with Crippen LogP contribution in [0.2, 0.25) is 0 Å². The number of piperidine rings is 1. The molecule has 0 bridgehead atoms. The SMILES string of the molecule is CC(C)(C)CCN1CCC(C(=O)Nc2ccc(Br)cn2)CC1. The van der Waals surface area contributed by atoms with E-state index in [0.29, 0.717) is 11.2 Å². The van der Waals surface area contributed by atoms with Crippen molar-refractivity contribution in [1.29, 1.82) is 0 Å². The van der Waals surface area contributed by atoms with Gasteiger partial charge < -0.3 is 10.2 Å². The van der Waals surface area contributed by atoms with E-state index in [9.17, 15) is 4.79 Å². The highest BCUT2D eigenvalue weighted by atomic mass is 79.9. The number of aromatic nitrogens is 1. The summed E-state index contributed by atoms with van der Waals surface area (Å²) in [6, 6.07) is 3.71. The van der Waals surface area contributed by atoms with Gasteiger partial charge in [0.15, 0.2) is 0 Å².